The summed E-state index contributed by atoms with van der Waals surface area (Å²) in [4.78, 5) is 39.2. The van der Waals surface area contributed by atoms with Crippen LogP contribution >= 0.6 is 27.7 Å². The highest BCUT2D eigenvalue weighted by Gasteiger charge is 2.17. The third-order valence-electron chi connectivity index (χ3n) is 5.66. The minimum Gasteiger partial charge on any atom is -0.495 e. The smallest absolute Gasteiger partial charge is 0.272 e. The van der Waals surface area contributed by atoms with Crippen molar-refractivity contribution < 1.29 is 23.5 Å². The third-order valence-corrected chi connectivity index (χ3v) is 7.20. The molecule has 0 heterocycles. The van der Waals surface area contributed by atoms with Crippen LogP contribution in [0.15, 0.2) is 112 Å². The molecule has 0 bridgehead atoms. The van der Waals surface area contributed by atoms with Crippen LogP contribution < -0.4 is 20.7 Å². The molecule has 4 aromatic carbocycles. The number of carbonyl (C=O) groups is 3. The molecule has 10 heteroatoms. The molecule has 0 aliphatic rings. The fourth-order valence-electron chi connectivity index (χ4n) is 3.64. The van der Waals surface area contributed by atoms with Crippen LogP contribution in [0.25, 0.3) is 6.08 Å². The van der Waals surface area contributed by atoms with E-state index in [1.54, 1.807) is 60.7 Å². The fraction of sp³-hybridized carbons (Fsp3) is 0.0645. The molecule has 3 amide bonds. The minimum atomic E-state index is -0.750. The van der Waals surface area contributed by atoms with Crippen LogP contribution in [-0.4, -0.2) is 30.6 Å². The quantitative estimate of drug-likeness (QED) is 0.133. The number of rotatable bonds is 10. The number of benzene rings is 4. The second-order valence-electron chi connectivity index (χ2n) is 8.56. The summed E-state index contributed by atoms with van der Waals surface area (Å²) in [6.45, 7) is 0. The average Bonchev–Trinajstić information content (AvgIpc) is 2.98. The summed E-state index contributed by atoms with van der Waals surface area (Å²) < 4.78 is 20.3. The molecule has 4 rings (SSSR count). The first-order chi connectivity index (χ1) is 19.8. The lowest BCUT2D eigenvalue weighted by Crippen LogP contribution is -2.31. The summed E-state index contributed by atoms with van der Waals surface area (Å²) in [5.74, 6) is -1.48. The Hall–Kier alpha value is -4.41. The predicted octanol–water partition coefficient (Wildman–Crippen LogP) is 6.74. The van der Waals surface area contributed by atoms with Crippen molar-refractivity contribution in [3.63, 3.8) is 0 Å². The molecule has 0 aliphatic heterocycles. The molecule has 0 aliphatic carbocycles. The summed E-state index contributed by atoms with van der Waals surface area (Å²) in [5.41, 5.74) is 1.47. The molecule has 208 valence electrons. The number of halogens is 2. The first-order valence-electron chi connectivity index (χ1n) is 12.3. The largest absolute Gasteiger partial charge is 0.495 e. The molecule has 0 aromatic heterocycles. The molecule has 0 saturated heterocycles. The number of thioether (sulfide) groups is 1. The molecular weight excluding hydrogens is 609 g/mol. The van der Waals surface area contributed by atoms with Crippen LogP contribution in [0, 0.1) is 5.82 Å². The van der Waals surface area contributed by atoms with Crippen molar-refractivity contribution in [3.05, 3.63) is 124 Å². The van der Waals surface area contributed by atoms with Gasteiger partial charge < -0.3 is 20.7 Å². The lowest BCUT2D eigenvalue weighted by atomic mass is 10.1. The van der Waals surface area contributed by atoms with E-state index in [2.05, 4.69) is 31.9 Å². The van der Waals surface area contributed by atoms with Crippen molar-refractivity contribution in [1.29, 1.82) is 0 Å². The van der Waals surface area contributed by atoms with Crippen LogP contribution in [0.5, 0.6) is 5.75 Å². The molecule has 0 spiro atoms. The van der Waals surface area contributed by atoms with E-state index in [-0.39, 0.29) is 22.9 Å². The lowest BCUT2D eigenvalue weighted by molar-refractivity contribution is -0.114. The molecule has 41 heavy (non-hydrogen) atoms. The molecule has 7 nitrogen and oxygen atoms in total. The zero-order valence-corrected chi connectivity index (χ0v) is 24.2. The number of methoxy groups -OCH3 is 1. The average molecular weight is 635 g/mol. The van der Waals surface area contributed by atoms with Crippen molar-refractivity contribution >= 4 is 62.9 Å². The van der Waals surface area contributed by atoms with Gasteiger partial charge in [0, 0.05) is 15.1 Å². The van der Waals surface area contributed by atoms with E-state index in [0.717, 1.165) is 9.37 Å². The Morgan fingerprint density at radius 1 is 0.878 bits per heavy atom. The Balaban J connectivity index is 1.41. The molecule has 0 fully saturated rings. The zero-order chi connectivity index (χ0) is 29.2. The van der Waals surface area contributed by atoms with Gasteiger partial charge in [0.15, 0.2) is 0 Å². The summed E-state index contributed by atoms with van der Waals surface area (Å²) >= 11 is 4.70. The van der Waals surface area contributed by atoms with Gasteiger partial charge in [-0.3, -0.25) is 14.4 Å². The summed E-state index contributed by atoms with van der Waals surface area (Å²) in [6.07, 6.45) is 1.51. The lowest BCUT2D eigenvalue weighted by Gasteiger charge is -2.12. The van der Waals surface area contributed by atoms with E-state index >= 15 is 0 Å². The molecule has 4 aromatic rings. The third kappa shape index (κ3) is 8.54. The number of anilines is 2. The summed E-state index contributed by atoms with van der Waals surface area (Å²) in [5, 5.41) is 8.11. The molecular formula is C31H25BrFN3O4S. The Kier molecular flexibility index (Phi) is 10.3. The van der Waals surface area contributed by atoms with Crippen molar-refractivity contribution in [2.45, 2.75) is 4.90 Å². The Morgan fingerprint density at radius 2 is 1.56 bits per heavy atom. The highest BCUT2D eigenvalue weighted by molar-refractivity contribution is 9.10. The van der Waals surface area contributed by atoms with Crippen molar-refractivity contribution in [3.8, 4) is 5.75 Å². The molecule has 3 N–H and O–H groups in total. The van der Waals surface area contributed by atoms with Crippen molar-refractivity contribution in [2.24, 2.45) is 0 Å². The van der Waals surface area contributed by atoms with Gasteiger partial charge >= 0.3 is 0 Å². The predicted molar refractivity (Wildman–Crippen MR) is 163 cm³/mol. The maximum Gasteiger partial charge on any atom is 0.272 e. The van der Waals surface area contributed by atoms with Crippen LogP contribution in [0.3, 0.4) is 0 Å². The van der Waals surface area contributed by atoms with Gasteiger partial charge in [0.1, 0.15) is 17.3 Å². The van der Waals surface area contributed by atoms with Crippen LogP contribution in [0.1, 0.15) is 15.9 Å². The van der Waals surface area contributed by atoms with Gasteiger partial charge in [0.2, 0.25) is 5.91 Å². The van der Waals surface area contributed by atoms with E-state index in [1.807, 2.05) is 12.1 Å². The second-order valence-corrected chi connectivity index (χ2v) is 10.5. The number of nitrogens with one attached hydrogen (secondary N) is 3. The highest BCUT2D eigenvalue weighted by atomic mass is 79.9. The van der Waals surface area contributed by atoms with Gasteiger partial charge in [-0.25, -0.2) is 4.39 Å². The minimum absolute atomic E-state index is 0.0629. The molecule has 0 atom stereocenters. The van der Waals surface area contributed by atoms with E-state index in [0.29, 0.717) is 22.7 Å². The molecule has 0 saturated carbocycles. The number of para-hydroxylation sites is 2. The Labute approximate surface area is 249 Å². The molecule has 0 unspecified atom stereocenters. The zero-order valence-electron chi connectivity index (χ0n) is 21.8. The topological polar surface area (TPSA) is 96.5 Å². The van der Waals surface area contributed by atoms with Gasteiger partial charge in [0.25, 0.3) is 11.8 Å². The first-order valence-corrected chi connectivity index (χ1v) is 14.1. The molecule has 0 radical (unpaired) electrons. The number of hydrogen-bond donors (Lipinski definition) is 3. The maximum atomic E-state index is 14.2. The monoisotopic (exact) mass is 633 g/mol. The van der Waals surface area contributed by atoms with Gasteiger partial charge in [-0.15, -0.1) is 11.8 Å². The van der Waals surface area contributed by atoms with E-state index in [9.17, 15) is 18.8 Å². The number of ether oxygens (including phenoxy) is 1. The first kappa shape index (κ1) is 29.6. The van der Waals surface area contributed by atoms with Crippen molar-refractivity contribution in [1.82, 2.24) is 5.32 Å². The number of amides is 3. The van der Waals surface area contributed by atoms with E-state index in [1.165, 1.54) is 49.2 Å². The van der Waals surface area contributed by atoms with Gasteiger partial charge in [-0.1, -0.05) is 52.3 Å². The van der Waals surface area contributed by atoms with E-state index in [4.69, 9.17) is 4.74 Å². The standard InChI is InChI=1S/C31H25BrFN3O4S/c1-40-28-9-5-4-8-26(28)35-29(37)19-41-23-16-14-22(15-17-23)34-31(39)27(18-20-10-12-21(32)13-11-20)36-30(38)24-6-2-3-7-25(24)33/h2-18H,19H2,1H3,(H,34,39)(H,35,37)(H,36,38). The summed E-state index contributed by atoms with van der Waals surface area (Å²) in [7, 11) is 1.54. The highest BCUT2D eigenvalue weighted by Crippen LogP contribution is 2.25. The Morgan fingerprint density at radius 3 is 2.27 bits per heavy atom. The van der Waals surface area contributed by atoms with Gasteiger partial charge in [0.05, 0.1) is 24.1 Å². The van der Waals surface area contributed by atoms with Gasteiger partial charge in [-0.2, -0.15) is 0 Å². The van der Waals surface area contributed by atoms with E-state index < -0.39 is 17.6 Å². The van der Waals surface area contributed by atoms with Gasteiger partial charge in [-0.05, 0) is 72.3 Å². The van der Waals surface area contributed by atoms with Crippen LogP contribution in [0.4, 0.5) is 15.8 Å². The SMILES string of the molecule is COc1ccccc1NC(=O)CSc1ccc(NC(=O)C(=Cc2ccc(Br)cc2)NC(=O)c2ccccc2F)cc1. The number of carbonyl (C=O) groups excluding carboxylic acids is 3. The normalized spacial score (nSPS) is 11.0. The number of hydrogen-bond acceptors (Lipinski definition) is 5. The van der Waals surface area contributed by atoms with Crippen molar-refractivity contribution in [2.75, 3.05) is 23.5 Å². The fourth-order valence-corrected chi connectivity index (χ4v) is 4.60. The summed E-state index contributed by atoms with van der Waals surface area (Å²) in [6, 6.07) is 26.7. The maximum absolute atomic E-state index is 14.2. The second kappa shape index (κ2) is 14.3. The van der Waals surface area contributed by atoms with Crippen LogP contribution in [-0.2, 0) is 9.59 Å². The Bertz CT molecular complexity index is 1580. The van der Waals surface area contributed by atoms with Crippen LogP contribution in [0.2, 0.25) is 0 Å².